The molecule has 0 saturated carbocycles. The molecule has 0 unspecified atom stereocenters. The van der Waals surface area contributed by atoms with Crippen molar-refractivity contribution >= 4 is 27.4 Å². The summed E-state index contributed by atoms with van der Waals surface area (Å²) in [6.45, 7) is 0.428. The van der Waals surface area contributed by atoms with E-state index in [1.54, 1.807) is 16.5 Å². The molecule has 0 radical (unpaired) electrons. The molecule has 0 aliphatic heterocycles. The molecule has 5 aromatic rings. The molecule has 0 aliphatic rings. The second-order valence-corrected chi connectivity index (χ2v) is 12.1. The third kappa shape index (κ3) is 9.04. The quantitative estimate of drug-likeness (QED) is 0.121. The number of benzene rings is 3. The van der Waals surface area contributed by atoms with Crippen molar-refractivity contribution in [3.05, 3.63) is 113 Å². The molecule has 3 aromatic carbocycles. The average molecular weight is 628 g/mol. The number of aromatic hydroxyl groups is 1. The molecule has 218 valence electrons. The predicted molar refractivity (Wildman–Crippen MR) is 162 cm³/mol. The molecule has 0 atom stereocenters. The Labute approximate surface area is 278 Å². The minimum absolute atomic E-state index is 0. The van der Waals surface area contributed by atoms with Crippen molar-refractivity contribution in [1.82, 2.24) is 14.4 Å². The summed E-state index contributed by atoms with van der Waals surface area (Å²) >= 11 is 6.51. The van der Waals surface area contributed by atoms with Crippen LogP contribution in [0.5, 0.6) is 11.6 Å². The Bertz CT molecular complexity index is 1770. The van der Waals surface area contributed by atoms with E-state index in [1.165, 1.54) is 0 Å². The topological polar surface area (TPSA) is 117 Å². The van der Waals surface area contributed by atoms with E-state index in [-0.39, 0.29) is 41.2 Å². The van der Waals surface area contributed by atoms with Crippen molar-refractivity contribution in [2.45, 2.75) is 38.5 Å². The summed E-state index contributed by atoms with van der Waals surface area (Å²) in [5.41, 5.74) is 5.53. The molecule has 0 saturated heterocycles. The molecule has 0 aliphatic carbocycles. The van der Waals surface area contributed by atoms with Crippen molar-refractivity contribution < 1.29 is 52.4 Å². The molecular weight excluding hydrogens is 597 g/mol. The number of unbranched alkanes of at least 4 members (excludes halogenated alkanes) is 3. The van der Waals surface area contributed by atoms with E-state index in [1.807, 2.05) is 72.9 Å². The van der Waals surface area contributed by atoms with Crippen molar-refractivity contribution in [1.29, 1.82) is 0 Å². The van der Waals surface area contributed by atoms with Gasteiger partial charge in [0.05, 0.1) is 33.1 Å². The van der Waals surface area contributed by atoms with Crippen LogP contribution in [-0.4, -0.2) is 44.8 Å². The summed E-state index contributed by atoms with van der Waals surface area (Å²) in [7, 11) is -4.15. The summed E-state index contributed by atoms with van der Waals surface area (Å²) in [6, 6.07) is 25.4. The molecular formula is C32H31ClN3NaO5S. The third-order valence-electron chi connectivity index (χ3n) is 6.92. The fourth-order valence-corrected chi connectivity index (χ4v) is 5.61. The minimum atomic E-state index is -4.15. The first-order valence-electron chi connectivity index (χ1n) is 13.8. The number of halogens is 1. The van der Waals surface area contributed by atoms with Gasteiger partial charge in [0, 0.05) is 30.4 Å². The Balaban J connectivity index is 0.00000423. The normalized spacial score (nSPS) is 11.4. The first kappa shape index (κ1) is 33.0. The zero-order chi connectivity index (χ0) is 29.5. The Morgan fingerprint density at radius 1 is 0.837 bits per heavy atom. The molecule has 0 bridgehead atoms. The van der Waals surface area contributed by atoms with Gasteiger partial charge >= 0.3 is 29.6 Å². The van der Waals surface area contributed by atoms with E-state index >= 15 is 0 Å². The van der Waals surface area contributed by atoms with Crippen molar-refractivity contribution in [3.8, 4) is 22.9 Å². The molecule has 0 fully saturated rings. The summed E-state index contributed by atoms with van der Waals surface area (Å²) in [4.78, 5) is 9.75. The maximum absolute atomic E-state index is 11.3. The molecule has 11 heteroatoms. The van der Waals surface area contributed by atoms with Crippen LogP contribution in [-0.2, 0) is 23.0 Å². The fraction of sp³-hybridized carbons (Fsp3) is 0.250. The smallest absolute Gasteiger partial charge is 0.748 e. The van der Waals surface area contributed by atoms with E-state index in [9.17, 15) is 18.1 Å². The number of nitrogens with zero attached hydrogens (tertiary/aromatic N) is 3. The zero-order valence-corrected chi connectivity index (χ0v) is 27.5. The third-order valence-corrected chi connectivity index (χ3v) is 8.00. The Morgan fingerprint density at radius 2 is 1.51 bits per heavy atom. The van der Waals surface area contributed by atoms with Gasteiger partial charge in [0.2, 0.25) is 5.88 Å². The predicted octanol–water partition coefficient (Wildman–Crippen LogP) is 3.43. The molecule has 0 spiro atoms. The van der Waals surface area contributed by atoms with E-state index in [2.05, 4.69) is 0 Å². The number of aromatic nitrogens is 3. The first-order valence-corrected chi connectivity index (χ1v) is 15.8. The Kier molecular flexibility index (Phi) is 11.7. The molecule has 1 N–H and O–H groups in total. The van der Waals surface area contributed by atoms with Gasteiger partial charge in [-0.2, -0.15) is 0 Å². The van der Waals surface area contributed by atoms with E-state index < -0.39 is 10.1 Å². The van der Waals surface area contributed by atoms with E-state index in [4.69, 9.17) is 26.3 Å². The van der Waals surface area contributed by atoms with Gasteiger partial charge in [-0.25, -0.2) is 18.4 Å². The Morgan fingerprint density at radius 3 is 2.21 bits per heavy atom. The number of rotatable bonds is 13. The fourth-order valence-electron chi connectivity index (χ4n) is 4.80. The molecule has 5 rings (SSSR count). The SMILES string of the molecule is O=S(=O)([O-])CCCCCCOc1ccc(Cc2nc3c(Cc4ccccc4)nc(-c4ccccc4)cn3c2O)cc1Cl.[Na+]. The molecule has 0 amide bonds. The number of fused-ring (bicyclic) bond motifs is 1. The standard InChI is InChI=1S/C32H32ClN3O5S.Na/c33-26-19-24(15-16-30(26)41-17-9-1-2-10-18-42(38,39)40)21-28-32(37)36-22-29(25-13-7-4-8-14-25)34-27(31(36)35-28)20-23-11-5-3-6-12-23;/h3-8,11-16,19,22,37H,1-2,9-10,17-18,20-21H2,(H,38,39,40);/q;+1/p-1. The number of hydrogen-bond acceptors (Lipinski definition) is 7. The van der Waals surface area contributed by atoms with Crippen LogP contribution in [0.25, 0.3) is 16.9 Å². The van der Waals surface area contributed by atoms with Crippen LogP contribution in [0.4, 0.5) is 0 Å². The van der Waals surface area contributed by atoms with Gasteiger partial charge in [0.1, 0.15) is 11.4 Å². The van der Waals surface area contributed by atoms with Crippen LogP contribution >= 0.6 is 11.6 Å². The summed E-state index contributed by atoms with van der Waals surface area (Å²) in [5, 5.41) is 11.7. The molecule has 43 heavy (non-hydrogen) atoms. The van der Waals surface area contributed by atoms with Gasteiger partial charge in [-0.3, -0.25) is 4.40 Å². The largest absolute Gasteiger partial charge is 1.00 e. The first-order chi connectivity index (χ1) is 20.3. The van der Waals surface area contributed by atoms with Crippen molar-refractivity contribution in [2.24, 2.45) is 0 Å². The van der Waals surface area contributed by atoms with Crippen LogP contribution in [0.2, 0.25) is 5.02 Å². The monoisotopic (exact) mass is 627 g/mol. The maximum atomic E-state index is 11.3. The van der Waals surface area contributed by atoms with Gasteiger partial charge in [-0.05, 0) is 36.1 Å². The molecule has 2 aromatic heterocycles. The van der Waals surface area contributed by atoms with Crippen molar-refractivity contribution in [2.75, 3.05) is 12.4 Å². The van der Waals surface area contributed by atoms with Crippen LogP contribution in [0.15, 0.2) is 85.1 Å². The van der Waals surface area contributed by atoms with Gasteiger partial charge < -0.3 is 14.4 Å². The van der Waals surface area contributed by atoms with Crippen LogP contribution in [0.3, 0.4) is 0 Å². The minimum Gasteiger partial charge on any atom is -0.748 e. The van der Waals surface area contributed by atoms with E-state index in [0.29, 0.717) is 54.4 Å². The van der Waals surface area contributed by atoms with Gasteiger partial charge in [0.15, 0.2) is 5.65 Å². The molecule has 2 heterocycles. The van der Waals surface area contributed by atoms with Gasteiger partial charge in [-0.1, -0.05) is 91.2 Å². The zero-order valence-electron chi connectivity index (χ0n) is 23.9. The van der Waals surface area contributed by atoms with Gasteiger partial charge in [-0.15, -0.1) is 0 Å². The number of imidazole rings is 1. The van der Waals surface area contributed by atoms with Gasteiger partial charge in [0.25, 0.3) is 0 Å². The summed E-state index contributed by atoms with van der Waals surface area (Å²) in [6.07, 6.45) is 5.22. The number of ether oxygens (including phenoxy) is 1. The van der Waals surface area contributed by atoms with Crippen LogP contribution < -0.4 is 34.3 Å². The number of hydrogen-bond donors (Lipinski definition) is 1. The van der Waals surface area contributed by atoms with Crippen molar-refractivity contribution in [3.63, 3.8) is 0 Å². The van der Waals surface area contributed by atoms with Crippen LogP contribution in [0, 0.1) is 0 Å². The van der Waals surface area contributed by atoms with Crippen LogP contribution in [0.1, 0.15) is 48.2 Å². The Hall–Kier alpha value is -2.92. The second-order valence-electron chi connectivity index (χ2n) is 10.1. The summed E-state index contributed by atoms with van der Waals surface area (Å²) < 4.78 is 39.5. The second kappa shape index (κ2) is 15.2. The average Bonchev–Trinajstić information content (AvgIpc) is 3.29. The van der Waals surface area contributed by atoms with E-state index in [0.717, 1.165) is 40.9 Å². The maximum Gasteiger partial charge on any atom is 1.00 e. The molecule has 8 nitrogen and oxygen atoms in total. The summed E-state index contributed by atoms with van der Waals surface area (Å²) in [5.74, 6) is 0.269.